The van der Waals surface area contributed by atoms with Crippen molar-refractivity contribution in [1.82, 2.24) is 4.57 Å². The maximum atomic E-state index is 13.2. The van der Waals surface area contributed by atoms with Crippen LogP contribution >= 0.6 is 22.9 Å². The third-order valence-electron chi connectivity index (χ3n) is 3.53. The summed E-state index contributed by atoms with van der Waals surface area (Å²) in [5.41, 5.74) is 2.69. The Bertz CT molecular complexity index is 869. The Kier molecular flexibility index (Phi) is 5.45. The summed E-state index contributed by atoms with van der Waals surface area (Å²) in [6.45, 7) is 0.741. The van der Waals surface area contributed by atoms with Gasteiger partial charge < -0.3 is 9.67 Å². The molecule has 0 amide bonds. The number of aliphatic hydroxyl groups excluding tert-OH is 1. The van der Waals surface area contributed by atoms with Crippen LogP contribution in [0.15, 0.2) is 58.9 Å². The van der Waals surface area contributed by atoms with Gasteiger partial charge in [-0.05, 0) is 60.5 Å². The highest BCUT2D eigenvalue weighted by molar-refractivity contribution is 7.07. The minimum Gasteiger partial charge on any atom is -0.396 e. The van der Waals surface area contributed by atoms with E-state index in [1.54, 1.807) is 24.3 Å². The third-order valence-corrected chi connectivity index (χ3v) is 4.64. The molecule has 0 spiro atoms. The first-order chi connectivity index (χ1) is 11.7. The quantitative estimate of drug-likeness (QED) is 0.706. The van der Waals surface area contributed by atoms with Crippen LogP contribution in [0.1, 0.15) is 6.42 Å². The first-order valence-electron chi connectivity index (χ1n) is 7.53. The first-order valence-corrected chi connectivity index (χ1v) is 8.78. The molecule has 3 aromatic rings. The predicted octanol–water partition coefficient (Wildman–Crippen LogP) is 4.62. The molecule has 0 fully saturated rings. The summed E-state index contributed by atoms with van der Waals surface area (Å²) in [4.78, 5) is 5.49. The van der Waals surface area contributed by atoms with Gasteiger partial charge in [-0.2, -0.15) is 0 Å². The molecule has 1 N–H and O–H groups in total. The highest BCUT2D eigenvalue weighted by Crippen LogP contribution is 2.22. The van der Waals surface area contributed by atoms with Crippen molar-refractivity contribution >= 4 is 28.6 Å². The van der Waals surface area contributed by atoms with Crippen LogP contribution in [0.25, 0.3) is 11.3 Å². The van der Waals surface area contributed by atoms with Crippen LogP contribution in [0.3, 0.4) is 0 Å². The van der Waals surface area contributed by atoms with Gasteiger partial charge in [-0.15, -0.1) is 11.3 Å². The topological polar surface area (TPSA) is 37.5 Å². The summed E-state index contributed by atoms with van der Waals surface area (Å²) in [5, 5.41) is 11.8. The van der Waals surface area contributed by atoms with Gasteiger partial charge in [0.1, 0.15) is 5.82 Å². The molecule has 124 valence electrons. The van der Waals surface area contributed by atoms with E-state index in [2.05, 4.69) is 4.99 Å². The lowest BCUT2D eigenvalue weighted by atomic mass is 10.1. The number of aromatic nitrogens is 1. The second-order valence-electron chi connectivity index (χ2n) is 5.23. The highest BCUT2D eigenvalue weighted by atomic mass is 35.5. The molecule has 1 aromatic heterocycles. The number of aliphatic hydroxyl groups is 1. The Hall–Kier alpha value is -1.95. The van der Waals surface area contributed by atoms with E-state index in [0.717, 1.165) is 21.7 Å². The van der Waals surface area contributed by atoms with Crippen LogP contribution in [0, 0.1) is 5.82 Å². The van der Waals surface area contributed by atoms with E-state index < -0.39 is 0 Å². The fraction of sp³-hybridized carbons (Fsp3) is 0.167. The summed E-state index contributed by atoms with van der Waals surface area (Å²) in [5.74, 6) is -0.262. The molecule has 0 saturated heterocycles. The van der Waals surface area contributed by atoms with Crippen molar-refractivity contribution in [2.24, 2.45) is 4.99 Å². The molecular formula is C18H16ClFN2OS. The molecule has 0 aliphatic heterocycles. The number of halogens is 2. The molecule has 0 radical (unpaired) electrons. The lowest BCUT2D eigenvalue weighted by molar-refractivity contribution is 0.279. The SMILES string of the molecule is OCCCn1c(-c2ccc(F)cc2)csc1=Nc1ccc(Cl)cc1. The van der Waals surface area contributed by atoms with E-state index in [1.807, 2.05) is 22.1 Å². The van der Waals surface area contributed by atoms with E-state index in [0.29, 0.717) is 18.0 Å². The van der Waals surface area contributed by atoms with Gasteiger partial charge in [0.25, 0.3) is 0 Å². The van der Waals surface area contributed by atoms with Crippen molar-refractivity contribution in [2.45, 2.75) is 13.0 Å². The van der Waals surface area contributed by atoms with Gasteiger partial charge in [-0.1, -0.05) is 11.6 Å². The van der Waals surface area contributed by atoms with Crippen molar-refractivity contribution < 1.29 is 9.50 Å². The molecule has 0 aliphatic rings. The molecule has 3 rings (SSSR count). The Morgan fingerprint density at radius 2 is 1.79 bits per heavy atom. The normalized spacial score (nSPS) is 11.9. The second kappa shape index (κ2) is 7.75. The van der Waals surface area contributed by atoms with Gasteiger partial charge in [0.15, 0.2) is 4.80 Å². The number of benzene rings is 2. The molecule has 1 heterocycles. The molecular weight excluding hydrogens is 347 g/mol. The van der Waals surface area contributed by atoms with Gasteiger partial charge in [0.2, 0.25) is 0 Å². The predicted molar refractivity (Wildman–Crippen MR) is 96.1 cm³/mol. The Balaban J connectivity index is 2.06. The summed E-state index contributed by atoms with van der Waals surface area (Å²) in [6, 6.07) is 13.7. The zero-order chi connectivity index (χ0) is 16.9. The zero-order valence-electron chi connectivity index (χ0n) is 12.8. The van der Waals surface area contributed by atoms with Gasteiger partial charge in [-0.25, -0.2) is 9.38 Å². The fourth-order valence-corrected chi connectivity index (χ4v) is 3.42. The van der Waals surface area contributed by atoms with Crippen molar-refractivity contribution in [2.75, 3.05) is 6.61 Å². The number of hydrogen-bond donors (Lipinski definition) is 1. The summed E-state index contributed by atoms with van der Waals surface area (Å²) in [7, 11) is 0. The van der Waals surface area contributed by atoms with Gasteiger partial charge in [0, 0.05) is 23.6 Å². The van der Waals surface area contributed by atoms with Crippen LogP contribution in [0.5, 0.6) is 0 Å². The van der Waals surface area contributed by atoms with Gasteiger partial charge in [0.05, 0.1) is 11.4 Å². The molecule has 24 heavy (non-hydrogen) atoms. The monoisotopic (exact) mass is 362 g/mol. The molecule has 0 aliphatic carbocycles. The van der Waals surface area contributed by atoms with Crippen molar-refractivity contribution in [3.05, 3.63) is 69.6 Å². The highest BCUT2D eigenvalue weighted by Gasteiger charge is 2.08. The molecule has 2 aromatic carbocycles. The van der Waals surface area contributed by atoms with E-state index >= 15 is 0 Å². The minimum absolute atomic E-state index is 0.103. The Morgan fingerprint density at radius 3 is 2.46 bits per heavy atom. The summed E-state index contributed by atoms with van der Waals surface area (Å²) < 4.78 is 15.2. The molecule has 0 saturated carbocycles. The average molecular weight is 363 g/mol. The van der Waals surface area contributed by atoms with Crippen molar-refractivity contribution in [1.29, 1.82) is 0 Å². The maximum Gasteiger partial charge on any atom is 0.190 e. The summed E-state index contributed by atoms with van der Waals surface area (Å²) in [6.07, 6.45) is 0.624. The Labute approximate surface area is 148 Å². The van der Waals surface area contributed by atoms with E-state index in [9.17, 15) is 4.39 Å². The minimum atomic E-state index is -0.262. The van der Waals surface area contributed by atoms with Crippen molar-refractivity contribution in [3.63, 3.8) is 0 Å². The number of thiazole rings is 1. The lowest BCUT2D eigenvalue weighted by Gasteiger charge is -2.08. The van der Waals surface area contributed by atoms with Crippen LogP contribution in [0.2, 0.25) is 5.02 Å². The molecule has 3 nitrogen and oxygen atoms in total. The molecule has 6 heteroatoms. The first kappa shape index (κ1) is 16.9. The number of rotatable bonds is 5. The number of nitrogens with zero attached hydrogens (tertiary/aromatic N) is 2. The van der Waals surface area contributed by atoms with E-state index in [4.69, 9.17) is 16.7 Å². The van der Waals surface area contributed by atoms with Crippen molar-refractivity contribution in [3.8, 4) is 11.3 Å². The standard InChI is InChI=1S/C18H16ClFN2OS/c19-14-4-8-16(9-5-14)21-18-22(10-1-11-23)17(12-24-18)13-2-6-15(20)7-3-13/h2-9,12,23H,1,10-11H2. The van der Waals surface area contributed by atoms with Crippen LogP contribution in [-0.2, 0) is 6.54 Å². The average Bonchev–Trinajstić information content (AvgIpc) is 2.98. The lowest BCUT2D eigenvalue weighted by Crippen LogP contribution is -2.16. The van der Waals surface area contributed by atoms with E-state index in [1.165, 1.54) is 23.5 Å². The molecule has 0 bridgehead atoms. The van der Waals surface area contributed by atoms with Gasteiger partial charge in [-0.3, -0.25) is 0 Å². The van der Waals surface area contributed by atoms with Gasteiger partial charge >= 0.3 is 0 Å². The molecule has 0 unspecified atom stereocenters. The maximum absolute atomic E-state index is 13.2. The second-order valence-corrected chi connectivity index (χ2v) is 6.50. The zero-order valence-corrected chi connectivity index (χ0v) is 14.4. The third kappa shape index (κ3) is 3.93. The van der Waals surface area contributed by atoms with Crippen LogP contribution < -0.4 is 4.80 Å². The number of hydrogen-bond acceptors (Lipinski definition) is 3. The Morgan fingerprint density at radius 1 is 1.08 bits per heavy atom. The largest absolute Gasteiger partial charge is 0.396 e. The fourth-order valence-electron chi connectivity index (χ4n) is 2.34. The smallest absolute Gasteiger partial charge is 0.190 e. The summed E-state index contributed by atoms with van der Waals surface area (Å²) >= 11 is 7.42. The van der Waals surface area contributed by atoms with E-state index in [-0.39, 0.29) is 12.4 Å². The van der Waals surface area contributed by atoms with Crippen LogP contribution in [0.4, 0.5) is 10.1 Å². The molecule has 0 atom stereocenters. The van der Waals surface area contributed by atoms with Crippen LogP contribution in [-0.4, -0.2) is 16.3 Å².